The van der Waals surface area contributed by atoms with Gasteiger partial charge in [0.1, 0.15) is 0 Å². The van der Waals surface area contributed by atoms with Crippen molar-refractivity contribution in [2.75, 3.05) is 0 Å². The largest absolute Gasteiger partial charge is 0.382 e. The summed E-state index contributed by atoms with van der Waals surface area (Å²) >= 11 is 0. The molecule has 2 aromatic carbocycles. The maximum atomic E-state index is 11.6. The molecule has 0 radical (unpaired) electrons. The monoisotopic (exact) mass is 251 g/mol. The SMILES string of the molecule is NS(=O)(=O)OC(=O)c1cccc2ccccc12. The van der Waals surface area contributed by atoms with Crippen LogP contribution in [0.3, 0.4) is 0 Å². The summed E-state index contributed by atoms with van der Waals surface area (Å²) in [5.41, 5.74) is 0.164. The predicted molar refractivity (Wildman–Crippen MR) is 62.5 cm³/mol. The average Bonchev–Trinajstić information content (AvgIpc) is 2.26. The molecule has 0 aliphatic rings. The lowest BCUT2D eigenvalue weighted by atomic mass is 10.1. The Kier molecular flexibility index (Phi) is 2.83. The van der Waals surface area contributed by atoms with Gasteiger partial charge in [-0.3, -0.25) is 0 Å². The van der Waals surface area contributed by atoms with Crippen molar-refractivity contribution in [2.24, 2.45) is 5.14 Å². The van der Waals surface area contributed by atoms with Crippen LogP contribution in [-0.2, 0) is 14.5 Å². The molecule has 0 unspecified atom stereocenters. The molecule has 0 amide bonds. The third-order valence-corrected chi connectivity index (χ3v) is 2.59. The van der Waals surface area contributed by atoms with E-state index in [0.29, 0.717) is 5.39 Å². The van der Waals surface area contributed by atoms with Crippen molar-refractivity contribution in [1.29, 1.82) is 0 Å². The van der Waals surface area contributed by atoms with Crippen molar-refractivity contribution >= 4 is 27.0 Å². The number of hydrogen-bond acceptors (Lipinski definition) is 4. The average molecular weight is 251 g/mol. The lowest BCUT2D eigenvalue weighted by Gasteiger charge is -2.04. The van der Waals surface area contributed by atoms with Gasteiger partial charge in [0, 0.05) is 0 Å². The smallest absolute Gasteiger partial charge is 0.330 e. The van der Waals surface area contributed by atoms with Crippen molar-refractivity contribution in [3.05, 3.63) is 48.0 Å². The highest BCUT2D eigenvalue weighted by atomic mass is 32.2. The Bertz CT molecular complexity index is 673. The summed E-state index contributed by atoms with van der Waals surface area (Å²) in [4.78, 5) is 11.6. The fourth-order valence-corrected chi connectivity index (χ4v) is 1.85. The first kappa shape index (κ1) is 11.6. The fourth-order valence-electron chi connectivity index (χ4n) is 1.55. The Labute approximate surface area is 98.1 Å². The minimum Gasteiger partial charge on any atom is -0.330 e. The number of carbonyl (C=O) groups is 1. The lowest BCUT2D eigenvalue weighted by Crippen LogP contribution is -2.20. The van der Waals surface area contributed by atoms with Crippen molar-refractivity contribution in [3.8, 4) is 0 Å². The molecule has 2 N–H and O–H groups in total. The summed E-state index contributed by atoms with van der Waals surface area (Å²) in [5.74, 6) is -0.982. The maximum Gasteiger partial charge on any atom is 0.382 e. The lowest BCUT2D eigenvalue weighted by molar-refractivity contribution is 0.0749. The second-order valence-corrected chi connectivity index (χ2v) is 4.54. The van der Waals surface area contributed by atoms with Crippen LogP contribution in [0.4, 0.5) is 0 Å². The maximum absolute atomic E-state index is 11.6. The van der Waals surface area contributed by atoms with Crippen LogP contribution in [-0.4, -0.2) is 14.4 Å². The van der Waals surface area contributed by atoms with Gasteiger partial charge >= 0.3 is 16.3 Å². The first-order valence-electron chi connectivity index (χ1n) is 4.72. The highest BCUT2D eigenvalue weighted by Gasteiger charge is 2.16. The van der Waals surface area contributed by atoms with Crippen molar-refractivity contribution in [1.82, 2.24) is 0 Å². The van der Waals surface area contributed by atoms with E-state index in [1.54, 1.807) is 18.2 Å². The Morgan fingerprint density at radius 2 is 1.71 bits per heavy atom. The summed E-state index contributed by atoms with van der Waals surface area (Å²) < 4.78 is 25.5. The molecule has 0 aliphatic carbocycles. The Hall–Kier alpha value is -1.92. The molecule has 0 aromatic heterocycles. The number of fused-ring (bicyclic) bond motifs is 1. The van der Waals surface area contributed by atoms with Crippen molar-refractivity contribution < 1.29 is 17.4 Å². The molecule has 0 aliphatic heterocycles. The summed E-state index contributed by atoms with van der Waals surface area (Å²) in [6.07, 6.45) is 0. The van der Waals surface area contributed by atoms with Gasteiger partial charge in [-0.25, -0.2) is 4.79 Å². The number of benzene rings is 2. The highest BCUT2D eigenvalue weighted by molar-refractivity contribution is 7.84. The summed E-state index contributed by atoms with van der Waals surface area (Å²) in [6, 6.07) is 12.0. The quantitative estimate of drug-likeness (QED) is 0.868. The van der Waals surface area contributed by atoms with Gasteiger partial charge in [0.25, 0.3) is 0 Å². The molecule has 6 heteroatoms. The minimum absolute atomic E-state index is 0.164. The van der Waals surface area contributed by atoms with E-state index >= 15 is 0 Å². The Morgan fingerprint density at radius 3 is 2.41 bits per heavy atom. The van der Waals surface area contributed by atoms with Crippen LogP contribution in [0.25, 0.3) is 10.8 Å². The van der Waals surface area contributed by atoms with Gasteiger partial charge in [-0.2, -0.15) is 13.6 Å². The zero-order valence-electron chi connectivity index (χ0n) is 8.66. The zero-order valence-corrected chi connectivity index (χ0v) is 9.48. The molecule has 2 aromatic rings. The van der Waals surface area contributed by atoms with Gasteiger partial charge in [0.15, 0.2) is 0 Å². The minimum atomic E-state index is -4.29. The number of nitrogens with two attached hydrogens (primary N) is 1. The van der Waals surface area contributed by atoms with Crippen LogP contribution >= 0.6 is 0 Å². The molecule has 0 heterocycles. The molecule has 0 spiro atoms. The molecule has 0 atom stereocenters. The van der Waals surface area contributed by atoms with E-state index in [4.69, 9.17) is 0 Å². The van der Waals surface area contributed by atoms with E-state index in [1.807, 2.05) is 18.2 Å². The third kappa shape index (κ3) is 2.61. The second kappa shape index (κ2) is 4.15. The molecule has 0 bridgehead atoms. The molecule has 0 fully saturated rings. The van der Waals surface area contributed by atoms with Gasteiger partial charge in [0.05, 0.1) is 5.56 Å². The van der Waals surface area contributed by atoms with Gasteiger partial charge in [-0.1, -0.05) is 36.4 Å². The first-order chi connectivity index (χ1) is 7.97. The normalized spacial score (nSPS) is 11.4. The van der Waals surface area contributed by atoms with Crippen LogP contribution in [0.1, 0.15) is 10.4 Å². The standard InChI is InChI=1S/C11H9NO4S/c12-17(14,15)16-11(13)10-7-3-5-8-4-1-2-6-9(8)10/h1-7H,(H2,12,14,15). The summed E-state index contributed by atoms with van der Waals surface area (Å²) in [6.45, 7) is 0. The van der Waals surface area contributed by atoms with Gasteiger partial charge < -0.3 is 4.18 Å². The molecule has 0 saturated carbocycles. The second-order valence-electron chi connectivity index (χ2n) is 3.39. The van der Waals surface area contributed by atoms with Crippen molar-refractivity contribution in [2.45, 2.75) is 0 Å². The van der Waals surface area contributed by atoms with E-state index in [-0.39, 0.29) is 5.56 Å². The van der Waals surface area contributed by atoms with Crippen LogP contribution < -0.4 is 5.14 Å². The van der Waals surface area contributed by atoms with E-state index in [2.05, 4.69) is 9.32 Å². The van der Waals surface area contributed by atoms with Crippen molar-refractivity contribution in [3.63, 3.8) is 0 Å². The molecule has 17 heavy (non-hydrogen) atoms. The molecule has 88 valence electrons. The number of rotatable bonds is 2. The van der Waals surface area contributed by atoms with E-state index in [1.165, 1.54) is 6.07 Å². The Balaban J connectivity index is 2.52. The number of carbonyl (C=O) groups excluding carboxylic acids is 1. The fraction of sp³-hybridized carbons (Fsp3) is 0. The predicted octanol–water partition coefficient (Wildman–Crippen LogP) is 1.20. The van der Waals surface area contributed by atoms with Gasteiger partial charge in [-0.15, -0.1) is 0 Å². The first-order valence-corrected chi connectivity index (χ1v) is 6.19. The van der Waals surface area contributed by atoms with Gasteiger partial charge in [-0.05, 0) is 16.8 Å². The van der Waals surface area contributed by atoms with Gasteiger partial charge in [0.2, 0.25) is 0 Å². The van der Waals surface area contributed by atoms with Crippen LogP contribution in [0.15, 0.2) is 42.5 Å². The summed E-state index contributed by atoms with van der Waals surface area (Å²) in [7, 11) is -4.29. The highest BCUT2D eigenvalue weighted by Crippen LogP contribution is 2.19. The molecule has 5 nitrogen and oxygen atoms in total. The molecular formula is C11H9NO4S. The topological polar surface area (TPSA) is 86.5 Å². The zero-order chi connectivity index (χ0) is 12.5. The van der Waals surface area contributed by atoms with E-state index in [0.717, 1.165) is 5.39 Å². The van der Waals surface area contributed by atoms with Crippen LogP contribution in [0.2, 0.25) is 0 Å². The van der Waals surface area contributed by atoms with E-state index < -0.39 is 16.3 Å². The number of hydrogen-bond donors (Lipinski definition) is 1. The van der Waals surface area contributed by atoms with E-state index in [9.17, 15) is 13.2 Å². The molecular weight excluding hydrogens is 242 g/mol. The Morgan fingerprint density at radius 1 is 1.06 bits per heavy atom. The third-order valence-electron chi connectivity index (χ3n) is 2.20. The van der Waals surface area contributed by atoms with Crippen LogP contribution in [0.5, 0.6) is 0 Å². The molecule has 0 saturated heterocycles. The molecule has 2 rings (SSSR count). The summed E-state index contributed by atoms with van der Waals surface area (Å²) in [5, 5.41) is 6.08. The van der Waals surface area contributed by atoms with Crippen LogP contribution in [0, 0.1) is 0 Å².